The van der Waals surface area contributed by atoms with Crippen LogP contribution in [0.15, 0.2) is 39.9 Å². The first-order valence-corrected chi connectivity index (χ1v) is 9.55. The monoisotopic (exact) mass is 389 g/mol. The standard InChI is InChI=1S/C20H31N5O3/c1-15(14-26)25(18-13-19(27)24(3)20(28)23(18)2)12-11-22-10-4-5-16-6-8-17(21)9-7-16/h6-9,13,15,22,26H,4-5,10-12,14,21H2,1-3H3. The summed E-state index contributed by atoms with van der Waals surface area (Å²) in [5, 5.41) is 13.0. The normalized spacial score (nSPS) is 12.1. The molecule has 28 heavy (non-hydrogen) atoms. The Morgan fingerprint density at radius 3 is 2.46 bits per heavy atom. The summed E-state index contributed by atoms with van der Waals surface area (Å²) < 4.78 is 2.51. The number of hydrogen-bond acceptors (Lipinski definition) is 6. The zero-order valence-corrected chi connectivity index (χ0v) is 16.9. The molecular weight excluding hydrogens is 358 g/mol. The van der Waals surface area contributed by atoms with Gasteiger partial charge < -0.3 is 21.1 Å². The van der Waals surface area contributed by atoms with E-state index in [1.54, 1.807) is 7.05 Å². The minimum atomic E-state index is -0.380. The summed E-state index contributed by atoms with van der Waals surface area (Å²) in [5.41, 5.74) is 6.98. The summed E-state index contributed by atoms with van der Waals surface area (Å²) in [4.78, 5) is 26.1. The Hall–Kier alpha value is -2.58. The first-order chi connectivity index (χ1) is 13.3. The Morgan fingerprint density at radius 2 is 1.82 bits per heavy atom. The van der Waals surface area contributed by atoms with E-state index in [-0.39, 0.29) is 23.9 Å². The number of aryl methyl sites for hydroxylation is 1. The summed E-state index contributed by atoms with van der Waals surface area (Å²) >= 11 is 0. The molecule has 0 amide bonds. The lowest BCUT2D eigenvalue weighted by atomic mass is 10.1. The van der Waals surface area contributed by atoms with Crippen LogP contribution in [0.25, 0.3) is 0 Å². The lowest BCUT2D eigenvalue weighted by Crippen LogP contribution is -2.46. The van der Waals surface area contributed by atoms with Crippen molar-refractivity contribution in [1.29, 1.82) is 0 Å². The molecule has 0 radical (unpaired) electrons. The first-order valence-electron chi connectivity index (χ1n) is 9.55. The number of anilines is 2. The van der Waals surface area contributed by atoms with Gasteiger partial charge in [0, 0.05) is 38.9 Å². The highest BCUT2D eigenvalue weighted by Gasteiger charge is 2.18. The molecule has 2 aromatic rings. The average molecular weight is 390 g/mol. The van der Waals surface area contributed by atoms with E-state index in [1.807, 2.05) is 36.1 Å². The maximum Gasteiger partial charge on any atom is 0.332 e. The molecule has 0 fully saturated rings. The molecule has 0 saturated heterocycles. The molecular formula is C20H31N5O3. The van der Waals surface area contributed by atoms with Gasteiger partial charge >= 0.3 is 5.69 Å². The maximum absolute atomic E-state index is 12.2. The van der Waals surface area contributed by atoms with Crippen LogP contribution in [-0.2, 0) is 20.5 Å². The van der Waals surface area contributed by atoms with Crippen LogP contribution >= 0.6 is 0 Å². The van der Waals surface area contributed by atoms with Crippen molar-refractivity contribution in [2.45, 2.75) is 25.8 Å². The molecule has 0 aliphatic rings. The molecule has 0 spiro atoms. The molecule has 1 unspecified atom stereocenters. The Labute approximate surface area is 165 Å². The molecule has 1 aromatic heterocycles. The number of hydrogen-bond donors (Lipinski definition) is 3. The van der Waals surface area contributed by atoms with Crippen molar-refractivity contribution < 1.29 is 5.11 Å². The molecule has 4 N–H and O–H groups in total. The van der Waals surface area contributed by atoms with Crippen molar-refractivity contribution in [3.63, 3.8) is 0 Å². The predicted molar refractivity (Wildman–Crippen MR) is 113 cm³/mol. The number of nitrogens with one attached hydrogen (secondary N) is 1. The number of aliphatic hydroxyl groups is 1. The molecule has 0 bridgehead atoms. The largest absolute Gasteiger partial charge is 0.399 e. The Kier molecular flexibility index (Phi) is 7.83. The van der Waals surface area contributed by atoms with Crippen molar-refractivity contribution in [2.75, 3.05) is 36.9 Å². The zero-order chi connectivity index (χ0) is 20.7. The van der Waals surface area contributed by atoms with E-state index in [1.165, 1.54) is 23.2 Å². The molecule has 0 aliphatic carbocycles. The van der Waals surface area contributed by atoms with Gasteiger partial charge in [0.2, 0.25) is 0 Å². The predicted octanol–water partition coefficient (Wildman–Crippen LogP) is 0.0758. The zero-order valence-electron chi connectivity index (χ0n) is 16.9. The lowest BCUT2D eigenvalue weighted by molar-refractivity contribution is 0.265. The highest BCUT2D eigenvalue weighted by atomic mass is 16.3. The fourth-order valence-corrected chi connectivity index (χ4v) is 3.08. The van der Waals surface area contributed by atoms with Gasteiger partial charge in [-0.3, -0.25) is 13.9 Å². The van der Waals surface area contributed by atoms with E-state index in [2.05, 4.69) is 5.32 Å². The quantitative estimate of drug-likeness (QED) is 0.392. The molecule has 8 heteroatoms. The van der Waals surface area contributed by atoms with Gasteiger partial charge in [-0.25, -0.2) is 4.79 Å². The second-order valence-corrected chi connectivity index (χ2v) is 7.06. The minimum Gasteiger partial charge on any atom is -0.399 e. The van der Waals surface area contributed by atoms with Gasteiger partial charge in [0.15, 0.2) is 0 Å². The van der Waals surface area contributed by atoms with Gasteiger partial charge in [-0.1, -0.05) is 12.1 Å². The van der Waals surface area contributed by atoms with Crippen molar-refractivity contribution >= 4 is 11.5 Å². The van der Waals surface area contributed by atoms with Crippen molar-refractivity contribution in [3.05, 3.63) is 56.7 Å². The van der Waals surface area contributed by atoms with E-state index in [9.17, 15) is 14.7 Å². The molecule has 2 rings (SSSR count). The van der Waals surface area contributed by atoms with E-state index in [0.717, 1.165) is 29.6 Å². The number of aliphatic hydroxyl groups excluding tert-OH is 1. The van der Waals surface area contributed by atoms with Crippen molar-refractivity contribution in [3.8, 4) is 0 Å². The van der Waals surface area contributed by atoms with Crippen LogP contribution in [0.3, 0.4) is 0 Å². The summed E-state index contributed by atoms with van der Waals surface area (Å²) in [6, 6.07) is 9.12. The number of nitrogen functional groups attached to an aromatic ring is 1. The fourth-order valence-electron chi connectivity index (χ4n) is 3.08. The number of aromatic nitrogens is 2. The average Bonchev–Trinajstić information content (AvgIpc) is 2.69. The Bertz CT molecular complexity index is 873. The van der Waals surface area contributed by atoms with E-state index in [4.69, 9.17) is 5.73 Å². The highest BCUT2D eigenvalue weighted by Crippen LogP contribution is 2.12. The molecule has 154 valence electrons. The SMILES string of the molecule is CC(CO)N(CCNCCCc1ccc(N)cc1)c1cc(=O)n(C)c(=O)n1C. The Morgan fingerprint density at radius 1 is 1.14 bits per heavy atom. The summed E-state index contributed by atoms with van der Waals surface area (Å²) in [7, 11) is 3.09. The van der Waals surface area contributed by atoms with Crippen LogP contribution < -0.4 is 27.2 Å². The minimum absolute atomic E-state index is 0.0689. The molecule has 0 aliphatic heterocycles. The maximum atomic E-state index is 12.2. The lowest BCUT2D eigenvalue weighted by Gasteiger charge is -2.31. The highest BCUT2D eigenvalue weighted by molar-refractivity contribution is 5.40. The smallest absolute Gasteiger partial charge is 0.332 e. The van der Waals surface area contributed by atoms with Crippen LogP contribution in [0.4, 0.5) is 11.5 Å². The number of benzene rings is 1. The first kappa shape index (κ1) is 21.7. The van der Waals surface area contributed by atoms with Crippen molar-refractivity contribution in [2.24, 2.45) is 14.1 Å². The molecule has 8 nitrogen and oxygen atoms in total. The van der Waals surface area contributed by atoms with Crippen LogP contribution in [0.1, 0.15) is 18.9 Å². The van der Waals surface area contributed by atoms with Gasteiger partial charge in [-0.15, -0.1) is 0 Å². The van der Waals surface area contributed by atoms with Gasteiger partial charge in [-0.2, -0.15) is 0 Å². The van der Waals surface area contributed by atoms with Gasteiger partial charge in [-0.05, 0) is 44.0 Å². The third-order valence-corrected chi connectivity index (χ3v) is 4.92. The summed E-state index contributed by atoms with van der Waals surface area (Å²) in [5.74, 6) is 0.512. The number of nitrogens with zero attached hydrogens (tertiary/aromatic N) is 3. The van der Waals surface area contributed by atoms with Gasteiger partial charge in [0.1, 0.15) is 5.82 Å². The van der Waals surface area contributed by atoms with E-state index in [0.29, 0.717) is 18.9 Å². The molecule has 1 heterocycles. The summed E-state index contributed by atoms with van der Waals surface area (Å²) in [6.07, 6.45) is 1.96. The number of rotatable bonds is 10. The van der Waals surface area contributed by atoms with Crippen LogP contribution in [-0.4, -0.2) is 46.5 Å². The van der Waals surface area contributed by atoms with Crippen molar-refractivity contribution in [1.82, 2.24) is 14.5 Å². The Balaban J connectivity index is 1.92. The van der Waals surface area contributed by atoms with Gasteiger partial charge in [0.05, 0.1) is 12.6 Å². The van der Waals surface area contributed by atoms with Gasteiger partial charge in [0.25, 0.3) is 5.56 Å². The van der Waals surface area contributed by atoms with Crippen LogP contribution in [0.2, 0.25) is 0 Å². The van der Waals surface area contributed by atoms with Crippen LogP contribution in [0.5, 0.6) is 0 Å². The van der Waals surface area contributed by atoms with E-state index < -0.39 is 0 Å². The molecule has 0 saturated carbocycles. The third-order valence-electron chi connectivity index (χ3n) is 4.92. The summed E-state index contributed by atoms with van der Waals surface area (Å²) in [6.45, 7) is 3.89. The second-order valence-electron chi connectivity index (χ2n) is 7.06. The second kappa shape index (κ2) is 10.1. The third kappa shape index (κ3) is 5.46. The van der Waals surface area contributed by atoms with E-state index >= 15 is 0 Å². The topological polar surface area (TPSA) is 106 Å². The molecule has 1 atom stereocenters. The fraction of sp³-hybridized carbons (Fsp3) is 0.500. The molecule has 1 aromatic carbocycles. The number of nitrogens with two attached hydrogens (primary N) is 1. The van der Waals surface area contributed by atoms with Crippen LogP contribution in [0, 0.1) is 0 Å².